The van der Waals surface area contributed by atoms with Gasteiger partial charge in [-0.15, -0.1) is 0 Å². The highest BCUT2D eigenvalue weighted by Crippen LogP contribution is 2.40. The monoisotopic (exact) mass is 396 g/mol. The van der Waals surface area contributed by atoms with Crippen molar-refractivity contribution in [2.24, 2.45) is 0 Å². The van der Waals surface area contributed by atoms with Crippen LogP contribution < -0.4 is 4.73 Å². The lowest BCUT2D eigenvalue weighted by Crippen LogP contribution is -2.44. The average molecular weight is 397 g/mol. The van der Waals surface area contributed by atoms with Gasteiger partial charge in [0.05, 0.1) is 23.2 Å². The van der Waals surface area contributed by atoms with Crippen LogP contribution in [0.4, 0.5) is 0 Å². The number of fused-ring (bicyclic) bond motifs is 2. The fourth-order valence-electron chi connectivity index (χ4n) is 4.46. The zero-order valence-corrected chi connectivity index (χ0v) is 15.7. The second-order valence-corrected chi connectivity index (χ2v) is 7.72. The summed E-state index contributed by atoms with van der Waals surface area (Å²) in [5, 5.41) is 12.3. The Balaban J connectivity index is 1.56. The lowest BCUT2D eigenvalue weighted by Gasteiger charge is -2.35. The smallest absolute Gasteiger partial charge is 0.286 e. The first-order valence-corrected chi connectivity index (χ1v) is 9.72. The van der Waals surface area contributed by atoms with Gasteiger partial charge in [-0.2, -0.15) is 4.73 Å². The first-order valence-electron chi connectivity index (χ1n) is 9.34. The van der Waals surface area contributed by atoms with Gasteiger partial charge in [0.25, 0.3) is 22.5 Å². The first kappa shape index (κ1) is 17.3. The molecule has 1 fully saturated rings. The number of imide groups is 1. The zero-order chi connectivity index (χ0) is 19.4. The van der Waals surface area contributed by atoms with E-state index in [2.05, 4.69) is 0 Å². The maximum absolute atomic E-state index is 13.0. The quantitative estimate of drug-likeness (QED) is 0.283. The minimum Gasteiger partial charge on any atom is -0.617 e. The molecule has 142 valence electrons. The molecule has 0 N–H and O–H groups in total. The summed E-state index contributed by atoms with van der Waals surface area (Å²) in [6, 6.07) is 11.5. The molecule has 3 aromatic rings. The highest BCUT2D eigenvalue weighted by molar-refractivity contribution is 6.28. The fraction of sp³-hybridized carbons (Fsp3) is 0.286. The molecular weight excluding hydrogens is 380 g/mol. The third-order valence-corrected chi connectivity index (χ3v) is 6.08. The van der Waals surface area contributed by atoms with E-state index < -0.39 is 0 Å². The van der Waals surface area contributed by atoms with Crippen molar-refractivity contribution in [3.05, 3.63) is 69.7 Å². The van der Waals surface area contributed by atoms with E-state index in [1.54, 1.807) is 36.4 Å². The zero-order valence-electron chi connectivity index (χ0n) is 14.9. The van der Waals surface area contributed by atoms with Gasteiger partial charge in [-0.05, 0) is 42.6 Å². The summed E-state index contributed by atoms with van der Waals surface area (Å²) in [6.07, 6.45) is 3.40. The molecular formula is C21H17ClN2O4. The van der Waals surface area contributed by atoms with Crippen molar-refractivity contribution < 1.29 is 18.7 Å². The van der Waals surface area contributed by atoms with Gasteiger partial charge in [0.2, 0.25) is 0 Å². The number of benzene rings is 1. The number of hydrogen-bond acceptors (Lipinski definition) is 4. The van der Waals surface area contributed by atoms with Crippen LogP contribution in [0.1, 0.15) is 58.1 Å². The molecule has 0 bridgehead atoms. The Morgan fingerprint density at radius 3 is 2.43 bits per heavy atom. The van der Waals surface area contributed by atoms with Crippen LogP contribution in [0, 0.1) is 5.21 Å². The second kappa shape index (κ2) is 6.34. The summed E-state index contributed by atoms with van der Waals surface area (Å²) >= 11 is 5.92. The van der Waals surface area contributed by atoms with Crippen molar-refractivity contribution in [2.75, 3.05) is 0 Å². The Hall–Kier alpha value is -2.86. The van der Waals surface area contributed by atoms with Gasteiger partial charge in [0, 0.05) is 12.0 Å². The SMILES string of the molecule is O=C1c2ccccc2C(=O)N1[C@H]1CCCC[C@H]1c1cc2c(ccc(Cl)[n+]2[O-])o1. The Labute approximate surface area is 165 Å². The molecule has 0 saturated heterocycles. The molecule has 2 atom stereocenters. The van der Waals surface area contributed by atoms with Crippen LogP contribution in [0.15, 0.2) is 46.9 Å². The number of nitrogens with zero attached hydrogens (tertiary/aromatic N) is 2. The Morgan fingerprint density at radius 1 is 1.04 bits per heavy atom. The molecule has 0 unspecified atom stereocenters. The lowest BCUT2D eigenvalue weighted by atomic mass is 9.82. The largest absolute Gasteiger partial charge is 0.617 e. The molecule has 28 heavy (non-hydrogen) atoms. The summed E-state index contributed by atoms with van der Waals surface area (Å²) in [7, 11) is 0. The van der Waals surface area contributed by atoms with Gasteiger partial charge in [-0.25, -0.2) is 0 Å². The van der Waals surface area contributed by atoms with Gasteiger partial charge in [-0.3, -0.25) is 14.5 Å². The van der Waals surface area contributed by atoms with Gasteiger partial charge in [0.15, 0.2) is 5.58 Å². The first-order chi connectivity index (χ1) is 13.6. The van der Waals surface area contributed by atoms with Gasteiger partial charge < -0.3 is 9.62 Å². The van der Waals surface area contributed by atoms with Crippen molar-refractivity contribution in [3.8, 4) is 0 Å². The number of furan rings is 1. The Bertz CT molecular complexity index is 1090. The van der Waals surface area contributed by atoms with Crippen LogP contribution in [0.5, 0.6) is 0 Å². The molecule has 1 aliphatic carbocycles. The van der Waals surface area contributed by atoms with Gasteiger partial charge >= 0.3 is 0 Å². The predicted molar refractivity (Wildman–Crippen MR) is 102 cm³/mol. The molecule has 1 saturated carbocycles. The maximum Gasteiger partial charge on any atom is 0.286 e. The van der Waals surface area contributed by atoms with E-state index in [1.165, 1.54) is 11.0 Å². The molecule has 2 aromatic heterocycles. The minimum atomic E-state index is -0.294. The van der Waals surface area contributed by atoms with Crippen molar-refractivity contribution in [3.63, 3.8) is 0 Å². The number of carbonyl (C=O) groups excluding carboxylic acids is 2. The van der Waals surface area contributed by atoms with E-state index in [1.807, 2.05) is 0 Å². The number of rotatable bonds is 2. The summed E-state index contributed by atoms with van der Waals surface area (Å²) in [5.41, 5.74) is 1.70. The number of hydrogen-bond donors (Lipinski definition) is 0. The molecule has 6 nitrogen and oxygen atoms in total. The van der Waals surface area contributed by atoms with Crippen molar-refractivity contribution in [1.29, 1.82) is 0 Å². The highest BCUT2D eigenvalue weighted by atomic mass is 35.5. The molecule has 0 radical (unpaired) electrons. The Kier molecular flexibility index (Phi) is 3.91. The average Bonchev–Trinajstić information content (AvgIpc) is 3.26. The number of pyridine rings is 1. The predicted octanol–water partition coefficient (Wildman–Crippen LogP) is 4.04. The van der Waals surface area contributed by atoms with E-state index in [0.29, 0.717) is 39.1 Å². The number of aromatic nitrogens is 1. The van der Waals surface area contributed by atoms with Crippen LogP contribution in [-0.2, 0) is 0 Å². The summed E-state index contributed by atoms with van der Waals surface area (Å²) in [4.78, 5) is 27.3. The molecule has 3 heterocycles. The fourth-order valence-corrected chi connectivity index (χ4v) is 4.62. The molecule has 7 heteroatoms. The van der Waals surface area contributed by atoms with Gasteiger partial charge in [-0.1, -0.05) is 25.0 Å². The Morgan fingerprint density at radius 2 is 1.71 bits per heavy atom. The van der Waals surface area contributed by atoms with E-state index >= 15 is 0 Å². The van der Waals surface area contributed by atoms with E-state index in [9.17, 15) is 14.8 Å². The van der Waals surface area contributed by atoms with E-state index in [-0.39, 0.29) is 28.9 Å². The highest BCUT2D eigenvalue weighted by Gasteiger charge is 2.44. The van der Waals surface area contributed by atoms with Crippen molar-refractivity contribution in [2.45, 2.75) is 37.6 Å². The summed E-state index contributed by atoms with van der Waals surface area (Å²) in [5.74, 6) is -0.0450. The van der Waals surface area contributed by atoms with E-state index in [0.717, 1.165) is 19.3 Å². The van der Waals surface area contributed by atoms with Gasteiger partial charge in [0.1, 0.15) is 5.76 Å². The molecule has 5 rings (SSSR count). The lowest BCUT2D eigenvalue weighted by molar-refractivity contribution is -0.574. The third-order valence-electron chi connectivity index (χ3n) is 5.80. The topological polar surface area (TPSA) is 77.5 Å². The van der Waals surface area contributed by atoms with Crippen LogP contribution >= 0.6 is 11.6 Å². The van der Waals surface area contributed by atoms with Crippen LogP contribution in [-0.4, -0.2) is 22.8 Å². The summed E-state index contributed by atoms with van der Waals surface area (Å²) < 4.78 is 6.58. The van der Waals surface area contributed by atoms with Crippen LogP contribution in [0.2, 0.25) is 5.15 Å². The summed E-state index contributed by atoms with van der Waals surface area (Å²) in [6.45, 7) is 0. The third kappa shape index (κ3) is 2.44. The standard InChI is InChI=1S/C21H17ClN2O4/c22-19-10-9-17-16(24(19)27)11-18(28-17)14-7-3-4-8-15(14)23-20(25)12-5-1-2-6-13(12)21(23)26/h1-2,5-6,9-11,14-15H,3-4,7-8H2/t14-,15+/m1/s1. The van der Waals surface area contributed by atoms with Crippen LogP contribution in [0.25, 0.3) is 11.1 Å². The minimum absolute atomic E-state index is 0.0698. The molecule has 1 aromatic carbocycles. The number of amides is 2. The normalized spacial score (nSPS) is 22.1. The van der Waals surface area contributed by atoms with Crippen molar-refractivity contribution in [1.82, 2.24) is 4.90 Å². The molecule has 2 amide bonds. The molecule has 0 spiro atoms. The second-order valence-electron chi connectivity index (χ2n) is 7.33. The molecule has 2 aliphatic rings. The van der Waals surface area contributed by atoms with Crippen LogP contribution in [0.3, 0.4) is 0 Å². The number of carbonyl (C=O) groups is 2. The van der Waals surface area contributed by atoms with E-state index in [4.69, 9.17) is 16.0 Å². The molecule has 1 aliphatic heterocycles. The number of halogens is 1. The maximum atomic E-state index is 13.0. The van der Waals surface area contributed by atoms with Crippen molar-refractivity contribution >= 4 is 34.5 Å².